The summed E-state index contributed by atoms with van der Waals surface area (Å²) < 4.78 is 26.3. The molecule has 0 heterocycles. The van der Waals surface area contributed by atoms with Gasteiger partial charge in [-0.05, 0) is 24.3 Å². The zero-order chi connectivity index (χ0) is 15.3. The molecule has 0 spiro atoms. The van der Waals surface area contributed by atoms with E-state index < -0.39 is 10.0 Å². The van der Waals surface area contributed by atoms with Crippen molar-refractivity contribution in [3.05, 3.63) is 60.7 Å². The van der Waals surface area contributed by atoms with Crippen molar-refractivity contribution in [2.75, 3.05) is 18.5 Å². The summed E-state index contributed by atoms with van der Waals surface area (Å²) in [5, 5.41) is 0. The molecule has 1 amide bonds. The van der Waals surface area contributed by atoms with Crippen LogP contribution in [-0.4, -0.2) is 27.9 Å². The molecule has 2 rings (SSSR count). The monoisotopic (exact) mass is 304 g/mol. The standard InChI is InChI=1S/C15H16N2O3S/c1-17(13-8-4-2-5-9-13)15(18)12-16-21(19,20)14-10-6-3-7-11-14/h2-11,16H,12H2,1H3. The second kappa shape index (κ2) is 6.51. The molecule has 110 valence electrons. The van der Waals surface area contributed by atoms with Crippen molar-refractivity contribution in [1.29, 1.82) is 0 Å². The van der Waals surface area contributed by atoms with Crippen molar-refractivity contribution in [3.63, 3.8) is 0 Å². The molecule has 21 heavy (non-hydrogen) atoms. The van der Waals surface area contributed by atoms with Gasteiger partial charge < -0.3 is 4.90 Å². The molecule has 0 bridgehead atoms. The van der Waals surface area contributed by atoms with Crippen LogP contribution in [0.3, 0.4) is 0 Å². The number of hydrogen-bond donors (Lipinski definition) is 1. The summed E-state index contributed by atoms with van der Waals surface area (Å²) in [6, 6.07) is 17.0. The fourth-order valence-corrected chi connectivity index (χ4v) is 2.75. The topological polar surface area (TPSA) is 66.5 Å². The highest BCUT2D eigenvalue weighted by Gasteiger charge is 2.17. The molecule has 0 unspecified atom stereocenters. The van der Waals surface area contributed by atoms with Crippen LogP contribution < -0.4 is 9.62 Å². The van der Waals surface area contributed by atoms with Crippen LogP contribution in [0.2, 0.25) is 0 Å². The molecule has 0 saturated carbocycles. The van der Waals surface area contributed by atoms with Gasteiger partial charge in [-0.25, -0.2) is 13.1 Å². The largest absolute Gasteiger partial charge is 0.314 e. The SMILES string of the molecule is CN(C(=O)CNS(=O)(=O)c1ccccc1)c1ccccc1. The molecule has 2 aromatic rings. The first-order valence-corrected chi connectivity index (χ1v) is 7.85. The predicted octanol–water partition coefficient (Wildman–Crippen LogP) is 1.63. The summed E-state index contributed by atoms with van der Waals surface area (Å²) in [5.41, 5.74) is 0.710. The van der Waals surface area contributed by atoms with E-state index in [1.54, 1.807) is 37.4 Å². The minimum absolute atomic E-state index is 0.139. The highest BCUT2D eigenvalue weighted by Crippen LogP contribution is 2.11. The highest BCUT2D eigenvalue weighted by molar-refractivity contribution is 7.89. The van der Waals surface area contributed by atoms with E-state index >= 15 is 0 Å². The Bertz CT molecular complexity index is 700. The number of nitrogens with one attached hydrogen (secondary N) is 1. The average molecular weight is 304 g/mol. The van der Waals surface area contributed by atoms with Gasteiger partial charge in [0.15, 0.2) is 0 Å². The van der Waals surface area contributed by atoms with Crippen LogP contribution in [0.5, 0.6) is 0 Å². The summed E-state index contributed by atoms with van der Waals surface area (Å²) in [5.74, 6) is -0.333. The van der Waals surface area contributed by atoms with Crippen molar-refractivity contribution in [3.8, 4) is 0 Å². The van der Waals surface area contributed by atoms with Crippen LogP contribution >= 0.6 is 0 Å². The summed E-state index contributed by atoms with van der Waals surface area (Å²) in [6.07, 6.45) is 0. The van der Waals surface area contributed by atoms with Crippen LogP contribution in [0.25, 0.3) is 0 Å². The van der Waals surface area contributed by atoms with E-state index in [9.17, 15) is 13.2 Å². The van der Waals surface area contributed by atoms with Gasteiger partial charge in [0.2, 0.25) is 15.9 Å². The number of para-hydroxylation sites is 1. The van der Waals surface area contributed by atoms with Crippen molar-refractivity contribution >= 4 is 21.6 Å². The van der Waals surface area contributed by atoms with Crippen LogP contribution in [0.1, 0.15) is 0 Å². The van der Waals surface area contributed by atoms with Crippen molar-refractivity contribution < 1.29 is 13.2 Å². The zero-order valence-corrected chi connectivity index (χ0v) is 12.4. The molecule has 0 saturated heterocycles. The lowest BCUT2D eigenvalue weighted by Gasteiger charge is -2.17. The maximum absolute atomic E-state index is 12.0. The molecule has 1 N–H and O–H groups in total. The summed E-state index contributed by atoms with van der Waals surface area (Å²) in [7, 11) is -2.06. The number of benzene rings is 2. The quantitative estimate of drug-likeness (QED) is 0.913. The first kappa shape index (κ1) is 15.2. The molecule has 0 aliphatic heterocycles. The van der Waals surface area contributed by atoms with Gasteiger partial charge in [0, 0.05) is 12.7 Å². The number of nitrogens with zero attached hydrogens (tertiary/aromatic N) is 1. The fourth-order valence-electron chi connectivity index (χ4n) is 1.75. The minimum atomic E-state index is -3.67. The van der Waals surface area contributed by atoms with E-state index in [1.807, 2.05) is 18.2 Å². The molecule has 5 nitrogen and oxygen atoms in total. The first-order chi connectivity index (χ1) is 10.0. The average Bonchev–Trinajstić information content (AvgIpc) is 2.53. The lowest BCUT2D eigenvalue weighted by Crippen LogP contribution is -2.38. The molecule has 0 fully saturated rings. The number of likely N-dealkylation sites (N-methyl/N-ethyl adjacent to an activating group) is 1. The van der Waals surface area contributed by atoms with E-state index in [4.69, 9.17) is 0 Å². The molecular formula is C15H16N2O3S. The normalized spacial score (nSPS) is 11.1. The van der Waals surface area contributed by atoms with Gasteiger partial charge in [-0.15, -0.1) is 0 Å². The molecule has 2 aromatic carbocycles. The van der Waals surface area contributed by atoms with E-state index in [2.05, 4.69) is 4.72 Å². The Kier molecular flexibility index (Phi) is 4.72. The first-order valence-electron chi connectivity index (χ1n) is 6.37. The third kappa shape index (κ3) is 3.90. The highest BCUT2D eigenvalue weighted by atomic mass is 32.2. The van der Waals surface area contributed by atoms with Gasteiger partial charge in [0.1, 0.15) is 0 Å². The van der Waals surface area contributed by atoms with E-state index in [0.717, 1.165) is 0 Å². The fraction of sp³-hybridized carbons (Fsp3) is 0.133. The molecule has 0 aliphatic carbocycles. The van der Waals surface area contributed by atoms with Gasteiger partial charge >= 0.3 is 0 Å². The molecular weight excluding hydrogens is 288 g/mol. The molecule has 0 radical (unpaired) electrons. The van der Waals surface area contributed by atoms with Gasteiger partial charge in [0.05, 0.1) is 11.4 Å². The van der Waals surface area contributed by atoms with Crippen LogP contribution in [0.15, 0.2) is 65.6 Å². The number of hydrogen-bond acceptors (Lipinski definition) is 3. The molecule has 6 heteroatoms. The van der Waals surface area contributed by atoms with Gasteiger partial charge in [-0.1, -0.05) is 36.4 Å². The van der Waals surface area contributed by atoms with E-state index in [1.165, 1.54) is 17.0 Å². The number of anilines is 1. The van der Waals surface area contributed by atoms with Crippen molar-refractivity contribution in [1.82, 2.24) is 4.72 Å². The van der Waals surface area contributed by atoms with Gasteiger partial charge in [-0.2, -0.15) is 0 Å². The number of rotatable bonds is 5. The van der Waals surface area contributed by atoms with Crippen molar-refractivity contribution in [2.45, 2.75) is 4.90 Å². The maximum Gasteiger partial charge on any atom is 0.241 e. The Morgan fingerprint density at radius 3 is 2.10 bits per heavy atom. The Morgan fingerprint density at radius 2 is 1.52 bits per heavy atom. The second-order valence-electron chi connectivity index (χ2n) is 4.43. The molecule has 0 aliphatic rings. The van der Waals surface area contributed by atoms with Crippen LogP contribution in [0, 0.1) is 0 Å². The Labute approximate surface area is 124 Å². The third-order valence-electron chi connectivity index (χ3n) is 2.98. The Hall–Kier alpha value is -2.18. The zero-order valence-electron chi connectivity index (χ0n) is 11.6. The lowest BCUT2D eigenvalue weighted by molar-refractivity contribution is -0.117. The van der Waals surface area contributed by atoms with Gasteiger partial charge in [0.25, 0.3) is 0 Å². The van der Waals surface area contributed by atoms with Crippen molar-refractivity contribution in [2.24, 2.45) is 0 Å². The van der Waals surface area contributed by atoms with E-state index in [-0.39, 0.29) is 17.3 Å². The minimum Gasteiger partial charge on any atom is -0.314 e. The Balaban J connectivity index is 2.01. The lowest BCUT2D eigenvalue weighted by atomic mass is 10.3. The maximum atomic E-state index is 12.0. The summed E-state index contributed by atoms with van der Waals surface area (Å²) in [6.45, 7) is -0.289. The number of sulfonamides is 1. The van der Waals surface area contributed by atoms with Crippen LogP contribution in [0.4, 0.5) is 5.69 Å². The third-order valence-corrected chi connectivity index (χ3v) is 4.40. The number of carbonyl (C=O) groups excluding carboxylic acids is 1. The summed E-state index contributed by atoms with van der Waals surface area (Å²) >= 11 is 0. The molecule has 0 atom stereocenters. The number of carbonyl (C=O) groups is 1. The second-order valence-corrected chi connectivity index (χ2v) is 6.19. The summed E-state index contributed by atoms with van der Waals surface area (Å²) in [4.78, 5) is 13.6. The molecule has 0 aromatic heterocycles. The van der Waals surface area contributed by atoms with E-state index in [0.29, 0.717) is 5.69 Å². The van der Waals surface area contributed by atoms with Gasteiger partial charge in [-0.3, -0.25) is 4.79 Å². The smallest absolute Gasteiger partial charge is 0.241 e. The Morgan fingerprint density at radius 1 is 1.00 bits per heavy atom. The number of amides is 1. The van der Waals surface area contributed by atoms with Crippen LogP contribution in [-0.2, 0) is 14.8 Å². The predicted molar refractivity (Wildman–Crippen MR) is 81.5 cm³/mol.